The molecule has 5 nitrogen and oxygen atoms in total. The molecule has 0 saturated heterocycles. The molecule has 1 N–H and O–H groups in total. The maximum atomic E-state index is 11.4. The first-order valence-electron chi connectivity index (χ1n) is 4.15. The van der Waals surface area contributed by atoms with Gasteiger partial charge in [0.2, 0.25) is 5.91 Å². The van der Waals surface area contributed by atoms with Gasteiger partial charge in [-0.3, -0.25) is 4.79 Å². The van der Waals surface area contributed by atoms with Gasteiger partial charge in [-0.15, -0.1) is 0 Å². The average Bonchev–Trinajstić information content (AvgIpc) is 2.66. The summed E-state index contributed by atoms with van der Waals surface area (Å²) in [6.07, 6.45) is 1.50. The summed E-state index contributed by atoms with van der Waals surface area (Å²) in [5, 5.41) is 14.7. The highest BCUT2D eigenvalue weighted by Gasteiger charge is 2.26. The summed E-state index contributed by atoms with van der Waals surface area (Å²) in [4.78, 5) is 11.4. The SMILES string of the molecule is CC(C)(C#N)C(=O)NCc1ccno1. The Kier molecular flexibility index (Phi) is 2.87. The third kappa shape index (κ3) is 2.33. The van der Waals surface area contributed by atoms with Gasteiger partial charge < -0.3 is 9.84 Å². The highest BCUT2D eigenvalue weighted by molar-refractivity contribution is 5.84. The van der Waals surface area contributed by atoms with Gasteiger partial charge in [0.05, 0.1) is 18.8 Å². The van der Waals surface area contributed by atoms with Crippen LogP contribution >= 0.6 is 0 Å². The van der Waals surface area contributed by atoms with Crippen molar-refractivity contribution in [1.82, 2.24) is 10.5 Å². The highest BCUT2D eigenvalue weighted by atomic mass is 16.5. The lowest BCUT2D eigenvalue weighted by atomic mass is 9.95. The summed E-state index contributed by atoms with van der Waals surface area (Å²) >= 11 is 0. The minimum absolute atomic E-state index is 0.254. The summed E-state index contributed by atoms with van der Waals surface area (Å²) in [6.45, 7) is 3.37. The van der Waals surface area contributed by atoms with Crippen LogP contribution in [0.5, 0.6) is 0 Å². The molecule has 0 radical (unpaired) electrons. The van der Waals surface area contributed by atoms with Gasteiger partial charge >= 0.3 is 0 Å². The van der Waals surface area contributed by atoms with E-state index in [-0.39, 0.29) is 12.5 Å². The molecule has 14 heavy (non-hydrogen) atoms. The lowest BCUT2D eigenvalue weighted by Gasteiger charge is -2.13. The number of nitriles is 1. The van der Waals surface area contributed by atoms with E-state index in [0.717, 1.165) is 0 Å². The number of carbonyl (C=O) groups excluding carboxylic acids is 1. The predicted molar refractivity (Wildman–Crippen MR) is 47.7 cm³/mol. The number of hydrogen-bond donors (Lipinski definition) is 1. The molecule has 1 aromatic heterocycles. The lowest BCUT2D eigenvalue weighted by molar-refractivity contribution is -0.127. The summed E-state index contributed by atoms with van der Waals surface area (Å²) in [5.41, 5.74) is -1.01. The van der Waals surface area contributed by atoms with E-state index in [4.69, 9.17) is 9.78 Å². The summed E-state index contributed by atoms with van der Waals surface area (Å²) < 4.78 is 4.78. The molecule has 0 aliphatic rings. The number of carbonyl (C=O) groups is 1. The maximum absolute atomic E-state index is 11.4. The van der Waals surface area contributed by atoms with Crippen molar-refractivity contribution in [3.05, 3.63) is 18.0 Å². The summed E-state index contributed by atoms with van der Waals surface area (Å²) in [5.74, 6) is 0.239. The normalized spacial score (nSPS) is 10.6. The van der Waals surface area contributed by atoms with Gasteiger partial charge in [0, 0.05) is 6.07 Å². The quantitative estimate of drug-likeness (QED) is 0.771. The molecule has 1 aromatic rings. The third-order valence-corrected chi connectivity index (χ3v) is 1.76. The Hall–Kier alpha value is -1.83. The van der Waals surface area contributed by atoms with Crippen molar-refractivity contribution in [2.45, 2.75) is 20.4 Å². The van der Waals surface area contributed by atoms with Crippen LogP contribution in [0.2, 0.25) is 0 Å². The smallest absolute Gasteiger partial charge is 0.240 e. The molecule has 0 spiro atoms. The van der Waals surface area contributed by atoms with E-state index in [1.807, 2.05) is 6.07 Å². The first kappa shape index (κ1) is 10.3. The first-order valence-corrected chi connectivity index (χ1v) is 4.15. The van der Waals surface area contributed by atoms with Crippen LogP contribution in [0.25, 0.3) is 0 Å². The Morgan fingerprint density at radius 3 is 3.00 bits per heavy atom. The standard InChI is InChI=1S/C9H11N3O2/c1-9(2,6-10)8(13)11-5-7-3-4-12-14-7/h3-4H,5H2,1-2H3,(H,11,13). The van der Waals surface area contributed by atoms with Crippen molar-refractivity contribution in [2.24, 2.45) is 5.41 Å². The maximum Gasteiger partial charge on any atom is 0.240 e. The lowest BCUT2D eigenvalue weighted by Crippen LogP contribution is -2.35. The molecule has 0 atom stereocenters. The minimum atomic E-state index is -1.01. The molecule has 1 rings (SSSR count). The van der Waals surface area contributed by atoms with Gasteiger partial charge in [0.15, 0.2) is 5.76 Å². The Morgan fingerprint density at radius 2 is 2.50 bits per heavy atom. The number of aromatic nitrogens is 1. The van der Waals surface area contributed by atoms with Crippen molar-refractivity contribution in [3.63, 3.8) is 0 Å². The van der Waals surface area contributed by atoms with Gasteiger partial charge in [-0.2, -0.15) is 5.26 Å². The third-order valence-electron chi connectivity index (χ3n) is 1.76. The summed E-state index contributed by atoms with van der Waals surface area (Å²) in [7, 11) is 0. The Labute approximate surface area is 81.7 Å². The first-order chi connectivity index (χ1) is 6.56. The fourth-order valence-corrected chi connectivity index (χ4v) is 0.772. The van der Waals surface area contributed by atoms with Crippen LogP contribution in [0.15, 0.2) is 16.8 Å². The molecular weight excluding hydrogens is 182 g/mol. The molecular formula is C9H11N3O2. The average molecular weight is 193 g/mol. The van der Waals surface area contributed by atoms with E-state index in [0.29, 0.717) is 5.76 Å². The number of hydrogen-bond acceptors (Lipinski definition) is 4. The second kappa shape index (κ2) is 3.92. The zero-order valence-corrected chi connectivity index (χ0v) is 8.07. The number of nitrogens with one attached hydrogen (secondary N) is 1. The van der Waals surface area contributed by atoms with Crippen LogP contribution in [-0.2, 0) is 11.3 Å². The molecule has 0 saturated carbocycles. The molecule has 1 heterocycles. The largest absolute Gasteiger partial charge is 0.360 e. The zero-order chi connectivity index (χ0) is 10.6. The van der Waals surface area contributed by atoms with Crippen molar-refractivity contribution in [2.75, 3.05) is 0 Å². The molecule has 74 valence electrons. The minimum Gasteiger partial charge on any atom is -0.360 e. The van der Waals surface area contributed by atoms with E-state index in [9.17, 15) is 4.79 Å². The fraction of sp³-hybridized carbons (Fsp3) is 0.444. The van der Waals surface area contributed by atoms with Gasteiger partial charge in [-0.05, 0) is 13.8 Å². The van der Waals surface area contributed by atoms with Crippen LogP contribution < -0.4 is 5.32 Å². The van der Waals surface area contributed by atoms with Gasteiger partial charge in [-0.1, -0.05) is 5.16 Å². The second-order valence-electron chi connectivity index (χ2n) is 3.40. The molecule has 0 unspecified atom stereocenters. The molecule has 0 bridgehead atoms. The topological polar surface area (TPSA) is 78.9 Å². The molecule has 0 fully saturated rings. The number of amides is 1. The zero-order valence-electron chi connectivity index (χ0n) is 8.07. The number of nitrogens with zero attached hydrogens (tertiary/aromatic N) is 2. The van der Waals surface area contributed by atoms with Crippen molar-refractivity contribution in [1.29, 1.82) is 5.26 Å². The molecule has 0 aliphatic heterocycles. The van der Waals surface area contributed by atoms with Gasteiger partial charge in [0.25, 0.3) is 0 Å². The molecule has 5 heteroatoms. The van der Waals surface area contributed by atoms with E-state index >= 15 is 0 Å². The van der Waals surface area contributed by atoms with Crippen molar-refractivity contribution >= 4 is 5.91 Å². The van der Waals surface area contributed by atoms with Crippen LogP contribution in [0.1, 0.15) is 19.6 Å². The van der Waals surface area contributed by atoms with Gasteiger partial charge in [-0.25, -0.2) is 0 Å². The molecule has 0 aromatic carbocycles. The fourth-order valence-electron chi connectivity index (χ4n) is 0.772. The Morgan fingerprint density at radius 1 is 1.79 bits per heavy atom. The van der Waals surface area contributed by atoms with Crippen LogP contribution in [0, 0.1) is 16.7 Å². The van der Waals surface area contributed by atoms with Crippen LogP contribution in [-0.4, -0.2) is 11.1 Å². The van der Waals surface area contributed by atoms with Crippen LogP contribution in [0.4, 0.5) is 0 Å². The van der Waals surface area contributed by atoms with Crippen molar-refractivity contribution in [3.8, 4) is 6.07 Å². The van der Waals surface area contributed by atoms with E-state index in [1.54, 1.807) is 19.9 Å². The molecule has 1 amide bonds. The predicted octanol–water partition coefficient (Wildman–Crippen LogP) is 0.841. The second-order valence-corrected chi connectivity index (χ2v) is 3.40. The Balaban J connectivity index is 2.48. The van der Waals surface area contributed by atoms with Gasteiger partial charge in [0.1, 0.15) is 5.41 Å². The van der Waals surface area contributed by atoms with E-state index in [2.05, 4.69) is 10.5 Å². The highest BCUT2D eigenvalue weighted by Crippen LogP contribution is 2.12. The van der Waals surface area contributed by atoms with Crippen LogP contribution in [0.3, 0.4) is 0 Å². The summed E-state index contributed by atoms with van der Waals surface area (Å²) in [6, 6.07) is 3.57. The molecule has 0 aliphatic carbocycles. The van der Waals surface area contributed by atoms with E-state index in [1.165, 1.54) is 6.20 Å². The monoisotopic (exact) mass is 193 g/mol. The Bertz CT molecular complexity index is 349. The van der Waals surface area contributed by atoms with Crippen molar-refractivity contribution < 1.29 is 9.32 Å². The van der Waals surface area contributed by atoms with E-state index < -0.39 is 5.41 Å². The number of rotatable bonds is 3.